The minimum Gasteiger partial charge on any atom is -0.486 e. The minimum atomic E-state index is -4.98. The maximum Gasteiger partial charge on any atom is 0.427 e. The third kappa shape index (κ3) is 8.48. The second-order valence-electron chi connectivity index (χ2n) is 10.3. The van der Waals surface area contributed by atoms with Crippen molar-refractivity contribution >= 4 is 31.5 Å². The van der Waals surface area contributed by atoms with Crippen molar-refractivity contribution in [2.75, 3.05) is 29.0 Å². The number of benzene rings is 1. The van der Waals surface area contributed by atoms with Gasteiger partial charge in [0.2, 0.25) is 5.60 Å². The molecule has 11 nitrogen and oxygen atoms in total. The summed E-state index contributed by atoms with van der Waals surface area (Å²) in [6.45, 7) is 4.36. The maximum atomic E-state index is 14.0. The molecule has 1 aliphatic heterocycles. The number of esters is 1. The zero-order valence-corrected chi connectivity index (χ0v) is 25.7. The van der Waals surface area contributed by atoms with Gasteiger partial charge in [0, 0.05) is 12.7 Å². The van der Waals surface area contributed by atoms with E-state index in [1.807, 2.05) is 0 Å². The van der Waals surface area contributed by atoms with Crippen LogP contribution in [0.1, 0.15) is 39.7 Å². The normalized spacial score (nSPS) is 16.3. The zero-order chi connectivity index (χ0) is 33.3. The van der Waals surface area contributed by atoms with E-state index >= 15 is 0 Å². The molecular weight excluding hydrogens is 648 g/mol. The number of anilines is 1. The average molecular weight is 680 g/mol. The number of sulfone groups is 1. The number of rotatable bonds is 12. The minimum absolute atomic E-state index is 0.0448. The van der Waals surface area contributed by atoms with E-state index in [1.54, 1.807) is 13.8 Å². The molecule has 0 spiro atoms. The molecular formula is C25H31F6N3O8S2. The van der Waals surface area contributed by atoms with Crippen molar-refractivity contribution < 1.29 is 62.2 Å². The number of nitrogens with zero attached hydrogens (tertiary/aromatic N) is 3. The first-order chi connectivity index (χ1) is 20.1. The smallest absolute Gasteiger partial charge is 0.427 e. The van der Waals surface area contributed by atoms with Crippen molar-refractivity contribution in [3.8, 4) is 11.6 Å². The van der Waals surface area contributed by atoms with E-state index in [0.717, 1.165) is 4.31 Å². The molecule has 0 fully saturated rings. The predicted octanol–water partition coefficient (Wildman–Crippen LogP) is 4.05. The van der Waals surface area contributed by atoms with Gasteiger partial charge in [0.1, 0.15) is 17.6 Å². The van der Waals surface area contributed by atoms with Gasteiger partial charge in [-0.3, -0.25) is 13.8 Å². The average Bonchev–Trinajstić information content (AvgIpc) is 3.29. The third-order valence-electron chi connectivity index (χ3n) is 6.36. The summed E-state index contributed by atoms with van der Waals surface area (Å²) in [4.78, 5) is 12.0. The molecule has 2 aromatic rings. The van der Waals surface area contributed by atoms with Crippen LogP contribution in [0.25, 0.3) is 0 Å². The Kier molecular flexibility index (Phi) is 10.1. The number of sulfonamides is 1. The van der Waals surface area contributed by atoms with Gasteiger partial charge in [-0.25, -0.2) is 16.8 Å². The number of aryl methyl sites for hydroxylation is 1. The van der Waals surface area contributed by atoms with Gasteiger partial charge in [0.05, 0.1) is 31.0 Å². The van der Waals surface area contributed by atoms with Crippen LogP contribution in [0.15, 0.2) is 29.3 Å². The molecule has 19 heteroatoms. The van der Waals surface area contributed by atoms with E-state index in [4.69, 9.17) is 9.47 Å². The lowest BCUT2D eigenvalue weighted by atomic mass is 10.1. The number of halogens is 6. The van der Waals surface area contributed by atoms with Crippen molar-refractivity contribution in [3.05, 3.63) is 30.0 Å². The van der Waals surface area contributed by atoms with E-state index in [9.17, 15) is 48.0 Å². The van der Waals surface area contributed by atoms with E-state index in [2.05, 4.69) is 9.84 Å². The molecule has 1 aliphatic rings. The van der Waals surface area contributed by atoms with Crippen LogP contribution in [-0.4, -0.2) is 81.3 Å². The summed E-state index contributed by atoms with van der Waals surface area (Å²) in [5.41, 5.74) is -2.91. The van der Waals surface area contributed by atoms with Gasteiger partial charge >= 0.3 is 18.3 Å². The summed E-state index contributed by atoms with van der Waals surface area (Å²) in [5, 5.41) is 4.09. The van der Waals surface area contributed by atoms with Crippen LogP contribution in [-0.2, 0) is 42.4 Å². The Balaban J connectivity index is 2.01. The summed E-state index contributed by atoms with van der Waals surface area (Å²) in [7, 11) is -9.19. The molecule has 0 radical (unpaired) electrons. The lowest BCUT2D eigenvalue weighted by Crippen LogP contribution is -2.44. The first-order valence-electron chi connectivity index (χ1n) is 13.2. The number of hydrogen-bond donors (Lipinski definition) is 0. The number of alkyl halides is 6. The van der Waals surface area contributed by atoms with E-state index in [-0.39, 0.29) is 40.9 Å². The van der Waals surface area contributed by atoms with Gasteiger partial charge in [0.15, 0.2) is 14.7 Å². The van der Waals surface area contributed by atoms with Crippen LogP contribution in [0, 0.1) is 0 Å². The number of aromatic nitrogens is 2. The highest BCUT2D eigenvalue weighted by Crippen LogP contribution is 2.40. The van der Waals surface area contributed by atoms with Crippen molar-refractivity contribution in [2.24, 2.45) is 0 Å². The summed E-state index contributed by atoms with van der Waals surface area (Å²) >= 11 is 0. The fourth-order valence-electron chi connectivity index (χ4n) is 4.10. The van der Waals surface area contributed by atoms with Crippen molar-refractivity contribution in [3.63, 3.8) is 0 Å². The molecule has 248 valence electrons. The van der Waals surface area contributed by atoms with Gasteiger partial charge in [-0.05, 0) is 51.8 Å². The molecule has 0 N–H and O–H groups in total. The molecule has 1 aromatic heterocycles. The standard InChI is InChI=1S/C25H31F6N3O8S2/c1-5-33-14-20(22(32-33)40-6-2)44(38,39)34-13-17(9-10-43(36,37)15-24(26,27)28)41-19-8-7-16(11-18(19)34)12-21(35)42-23(3,4)25(29,30)31/h7-8,11,14,17H,5-6,9-10,12-13,15H2,1-4H3/t17-/m0/s1. The third-order valence-corrected chi connectivity index (χ3v) is 9.75. The zero-order valence-electron chi connectivity index (χ0n) is 24.0. The fourth-order valence-corrected chi connectivity index (χ4v) is 6.94. The second kappa shape index (κ2) is 12.6. The van der Waals surface area contributed by atoms with Crippen LogP contribution in [0.4, 0.5) is 32.0 Å². The lowest BCUT2D eigenvalue weighted by Gasteiger charge is -2.35. The number of ether oxygens (including phenoxy) is 3. The number of carbonyl (C=O) groups is 1. The number of carbonyl (C=O) groups excluding carboxylic acids is 1. The molecule has 44 heavy (non-hydrogen) atoms. The van der Waals surface area contributed by atoms with Crippen LogP contribution < -0.4 is 13.8 Å². The van der Waals surface area contributed by atoms with Gasteiger partial charge < -0.3 is 14.2 Å². The first-order valence-corrected chi connectivity index (χ1v) is 16.4. The SMILES string of the molecule is CCOc1nn(CC)cc1S(=O)(=O)N1C[C@H](CCS(=O)(=O)CC(F)(F)F)Oc2ccc(CC(=O)OC(C)(C)C(F)(F)F)cc21. The number of fused-ring (bicyclic) bond motifs is 1. The Labute approximate surface area is 250 Å². The molecule has 0 bridgehead atoms. The topological polar surface area (TPSA) is 134 Å². The summed E-state index contributed by atoms with van der Waals surface area (Å²) in [6, 6.07) is 3.65. The Hall–Kier alpha value is -3.22. The molecule has 1 aromatic carbocycles. The maximum absolute atomic E-state index is 14.0. The highest BCUT2D eigenvalue weighted by Gasteiger charge is 2.50. The van der Waals surface area contributed by atoms with Crippen molar-refractivity contribution in [1.29, 1.82) is 0 Å². The predicted molar refractivity (Wildman–Crippen MR) is 144 cm³/mol. The van der Waals surface area contributed by atoms with Crippen LogP contribution in [0.2, 0.25) is 0 Å². The first kappa shape index (κ1) is 35.3. The van der Waals surface area contributed by atoms with E-state index < -0.39 is 80.8 Å². The fraction of sp³-hybridized carbons (Fsp3) is 0.600. The van der Waals surface area contributed by atoms with Gasteiger partial charge in [-0.1, -0.05) is 6.07 Å². The van der Waals surface area contributed by atoms with Crippen molar-refractivity contribution in [2.45, 2.75) is 76.0 Å². The van der Waals surface area contributed by atoms with Crippen LogP contribution in [0.5, 0.6) is 11.6 Å². The number of hydrogen-bond acceptors (Lipinski definition) is 9. The summed E-state index contributed by atoms with van der Waals surface area (Å²) in [5.74, 6) is -4.66. The molecule has 0 saturated heterocycles. The van der Waals surface area contributed by atoms with Gasteiger partial charge in [-0.2, -0.15) is 26.3 Å². The highest BCUT2D eigenvalue weighted by atomic mass is 32.2. The molecule has 1 atom stereocenters. The quantitative estimate of drug-likeness (QED) is 0.241. The monoisotopic (exact) mass is 679 g/mol. The molecule has 3 rings (SSSR count). The van der Waals surface area contributed by atoms with Crippen molar-refractivity contribution in [1.82, 2.24) is 9.78 Å². The van der Waals surface area contributed by atoms with E-state index in [0.29, 0.717) is 13.8 Å². The van der Waals surface area contributed by atoms with Crippen LogP contribution in [0.3, 0.4) is 0 Å². The highest BCUT2D eigenvalue weighted by molar-refractivity contribution is 7.93. The lowest BCUT2D eigenvalue weighted by molar-refractivity contribution is -0.257. The van der Waals surface area contributed by atoms with E-state index in [1.165, 1.54) is 29.1 Å². The Morgan fingerprint density at radius 1 is 1.09 bits per heavy atom. The molecule has 0 unspecified atom stereocenters. The molecule has 0 aliphatic carbocycles. The van der Waals surface area contributed by atoms with Gasteiger partial charge in [0.25, 0.3) is 15.9 Å². The second-order valence-corrected chi connectivity index (χ2v) is 14.3. The molecule has 2 heterocycles. The summed E-state index contributed by atoms with van der Waals surface area (Å²) < 4.78 is 148. The Bertz CT molecular complexity index is 1570. The van der Waals surface area contributed by atoms with Gasteiger partial charge in [-0.15, -0.1) is 5.10 Å². The molecule has 0 amide bonds. The summed E-state index contributed by atoms with van der Waals surface area (Å²) in [6.07, 6.45) is -11.1. The largest absolute Gasteiger partial charge is 0.486 e. The Morgan fingerprint density at radius 2 is 1.75 bits per heavy atom. The Morgan fingerprint density at radius 3 is 2.32 bits per heavy atom. The van der Waals surface area contributed by atoms with Crippen LogP contribution >= 0.6 is 0 Å². The molecule has 0 saturated carbocycles.